The van der Waals surface area contributed by atoms with Crippen LogP contribution in [0.2, 0.25) is 0 Å². The molecule has 0 spiro atoms. The molecule has 1 unspecified atom stereocenters. The van der Waals surface area contributed by atoms with E-state index < -0.39 is 0 Å². The molecule has 0 radical (unpaired) electrons. The number of likely N-dealkylation sites (N-methyl/N-ethyl adjacent to an activating group) is 1. The van der Waals surface area contributed by atoms with Gasteiger partial charge in [-0.3, -0.25) is 4.79 Å². The van der Waals surface area contributed by atoms with Crippen LogP contribution in [0.1, 0.15) is 36.5 Å². The average Bonchev–Trinajstić information content (AvgIpc) is 2.95. The number of hydrogen-bond acceptors (Lipinski definition) is 5. The molecule has 2 aromatic rings. The van der Waals surface area contributed by atoms with Gasteiger partial charge in [-0.25, -0.2) is 0 Å². The van der Waals surface area contributed by atoms with Crippen LogP contribution in [-0.2, 0) is 6.42 Å². The number of hydrogen-bond donors (Lipinski definition) is 1. The van der Waals surface area contributed by atoms with E-state index in [1.54, 1.807) is 12.1 Å². The van der Waals surface area contributed by atoms with Gasteiger partial charge in [0.25, 0.3) is 5.89 Å². The Bertz CT molecular complexity index is 575. The maximum atomic E-state index is 11.6. The molecule has 5 heteroatoms. The van der Waals surface area contributed by atoms with Gasteiger partial charge in [0.1, 0.15) is 0 Å². The van der Waals surface area contributed by atoms with Crippen molar-refractivity contribution < 1.29 is 9.32 Å². The van der Waals surface area contributed by atoms with E-state index in [0.717, 1.165) is 5.56 Å². The normalized spacial score (nSPS) is 12.3. The van der Waals surface area contributed by atoms with Crippen LogP contribution < -0.4 is 5.32 Å². The van der Waals surface area contributed by atoms with Crippen molar-refractivity contribution in [2.75, 3.05) is 7.05 Å². The Kier molecular flexibility index (Phi) is 4.63. The molecular formula is C15H19N3O2. The number of aromatic nitrogens is 2. The molecule has 1 aromatic carbocycles. The maximum Gasteiger partial charge on any atom is 0.257 e. The van der Waals surface area contributed by atoms with E-state index in [1.165, 1.54) is 0 Å². The van der Waals surface area contributed by atoms with Crippen LogP contribution >= 0.6 is 0 Å². The first kappa shape index (κ1) is 14.4. The van der Waals surface area contributed by atoms with Gasteiger partial charge in [0.05, 0.1) is 0 Å². The molecule has 1 aromatic heterocycles. The van der Waals surface area contributed by atoms with E-state index in [4.69, 9.17) is 4.52 Å². The molecule has 0 aliphatic rings. The Morgan fingerprint density at radius 3 is 2.65 bits per heavy atom. The van der Waals surface area contributed by atoms with Gasteiger partial charge in [0.15, 0.2) is 11.6 Å². The van der Waals surface area contributed by atoms with Crippen molar-refractivity contribution >= 4 is 5.78 Å². The monoisotopic (exact) mass is 273 g/mol. The van der Waals surface area contributed by atoms with Gasteiger partial charge in [-0.1, -0.05) is 24.2 Å². The SMILES string of the molecule is CCC(=O)c1ccc(-c2nc(CC(C)NC)no2)cc1. The fourth-order valence-corrected chi connectivity index (χ4v) is 1.83. The minimum Gasteiger partial charge on any atom is -0.334 e. The molecule has 2 rings (SSSR count). The molecule has 20 heavy (non-hydrogen) atoms. The summed E-state index contributed by atoms with van der Waals surface area (Å²) in [5, 5.41) is 7.09. The second-order valence-corrected chi connectivity index (χ2v) is 4.76. The van der Waals surface area contributed by atoms with Crippen molar-refractivity contribution in [3.8, 4) is 11.5 Å². The van der Waals surface area contributed by atoms with Gasteiger partial charge in [-0.05, 0) is 26.1 Å². The molecule has 0 amide bonds. The van der Waals surface area contributed by atoms with E-state index in [9.17, 15) is 4.79 Å². The number of benzene rings is 1. The van der Waals surface area contributed by atoms with Crippen molar-refractivity contribution in [2.24, 2.45) is 0 Å². The lowest BCUT2D eigenvalue weighted by Crippen LogP contribution is -2.24. The van der Waals surface area contributed by atoms with Crippen molar-refractivity contribution in [3.05, 3.63) is 35.7 Å². The van der Waals surface area contributed by atoms with Crippen LogP contribution in [0.15, 0.2) is 28.8 Å². The third kappa shape index (κ3) is 3.30. The fraction of sp³-hybridized carbons (Fsp3) is 0.400. The molecular weight excluding hydrogens is 254 g/mol. The minimum absolute atomic E-state index is 0.130. The van der Waals surface area contributed by atoms with Crippen molar-refractivity contribution in [1.82, 2.24) is 15.5 Å². The number of nitrogens with zero attached hydrogens (tertiary/aromatic N) is 2. The summed E-state index contributed by atoms with van der Waals surface area (Å²) in [6, 6.07) is 7.55. The highest BCUT2D eigenvalue weighted by Gasteiger charge is 2.11. The zero-order valence-electron chi connectivity index (χ0n) is 12.0. The first-order valence-corrected chi connectivity index (χ1v) is 6.77. The Labute approximate surface area is 118 Å². The summed E-state index contributed by atoms with van der Waals surface area (Å²) in [5.41, 5.74) is 1.54. The zero-order valence-corrected chi connectivity index (χ0v) is 12.0. The van der Waals surface area contributed by atoms with Gasteiger partial charge in [0, 0.05) is 30.0 Å². The molecule has 106 valence electrons. The van der Waals surface area contributed by atoms with Crippen molar-refractivity contribution in [3.63, 3.8) is 0 Å². The lowest BCUT2D eigenvalue weighted by molar-refractivity contribution is 0.0988. The first-order chi connectivity index (χ1) is 9.63. The summed E-state index contributed by atoms with van der Waals surface area (Å²) in [6.45, 7) is 3.91. The molecule has 0 aliphatic carbocycles. The van der Waals surface area contributed by atoms with Crippen molar-refractivity contribution in [1.29, 1.82) is 0 Å². The third-order valence-corrected chi connectivity index (χ3v) is 3.22. The molecule has 0 aliphatic heterocycles. The smallest absolute Gasteiger partial charge is 0.257 e. The standard InChI is InChI=1S/C15H19N3O2/c1-4-13(19)11-5-7-12(8-6-11)15-17-14(18-20-15)9-10(2)16-3/h5-8,10,16H,4,9H2,1-3H3. The highest BCUT2D eigenvalue weighted by atomic mass is 16.5. The fourth-order valence-electron chi connectivity index (χ4n) is 1.83. The lowest BCUT2D eigenvalue weighted by Gasteiger charge is -2.04. The van der Waals surface area contributed by atoms with E-state index >= 15 is 0 Å². The first-order valence-electron chi connectivity index (χ1n) is 6.77. The van der Waals surface area contributed by atoms with E-state index in [-0.39, 0.29) is 5.78 Å². The molecule has 1 N–H and O–H groups in total. The van der Waals surface area contributed by atoms with Crippen LogP contribution in [-0.4, -0.2) is 29.0 Å². The predicted octanol–water partition coefficient (Wildman–Crippen LogP) is 2.48. The number of nitrogens with one attached hydrogen (secondary N) is 1. The summed E-state index contributed by atoms with van der Waals surface area (Å²) >= 11 is 0. The van der Waals surface area contributed by atoms with Crippen LogP contribution in [0.25, 0.3) is 11.5 Å². The van der Waals surface area contributed by atoms with E-state index in [2.05, 4.69) is 22.4 Å². The Hall–Kier alpha value is -2.01. The average molecular weight is 273 g/mol. The maximum absolute atomic E-state index is 11.6. The van der Waals surface area contributed by atoms with Gasteiger partial charge in [0.2, 0.25) is 0 Å². The molecule has 0 fully saturated rings. The molecule has 0 saturated carbocycles. The lowest BCUT2D eigenvalue weighted by atomic mass is 10.1. The van der Waals surface area contributed by atoms with Gasteiger partial charge in [-0.2, -0.15) is 4.98 Å². The summed E-state index contributed by atoms with van der Waals surface area (Å²) < 4.78 is 5.25. The summed E-state index contributed by atoms with van der Waals surface area (Å²) in [7, 11) is 1.90. The highest BCUT2D eigenvalue weighted by Crippen LogP contribution is 2.18. The van der Waals surface area contributed by atoms with Gasteiger partial charge in [-0.15, -0.1) is 0 Å². The van der Waals surface area contributed by atoms with E-state index in [1.807, 2.05) is 26.1 Å². The van der Waals surface area contributed by atoms with Crippen LogP contribution in [0.3, 0.4) is 0 Å². The number of rotatable bonds is 6. The Morgan fingerprint density at radius 2 is 2.05 bits per heavy atom. The number of ketones is 1. The second kappa shape index (κ2) is 6.43. The molecule has 1 atom stereocenters. The van der Waals surface area contributed by atoms with Crippen molar-refractivity contribution in [2.45, 2.75) is 32.7 Å². The van der Waals surface area contributed by atoms with Crippen LogP contribution in [0.5, 0.6) is 0 Å². The summed E-state index contributed by atoms with van der Waals surface area (Å²) in [4.78, 5) is 15.9. The number of carbonyl (C=O) groups excluding carboxylic acids is 1. The van der Waals surface area contributed by atoms with Gasteiger partial charge >= 0.3 is 0 Å². The molecule has 5 nitrogen and oxygen atoms in total. The highest BCUT2D eigenvalue weighted by molar-refractivity contribution is 5.96. The largest absolute Gasteiger partial charge is 0.334 e. The number of carbonyl (C=O) groups is 1. The zero-order chi connectivity index (χ0) is 14.5. The molecule has 0 bridgehead atoms. The minimum atomic E-state index is 0.130. The quantitative estimate of drug-likeness (QED) is 0.819. The number of Topliss-reactive ketones (excluding diaryl/α,β-unsaturated/α-hetero) is 1. The summed E-state index contributed by atoms with van der Waals surface area (Å²) in [5.74, 6) is 1.29. The third-order valence-electron chi connectivity index (χ3n) is 3.22. The Balaban J connectivity index is 2.14. The molecule has 1 heterocycles. The molecule has 0 saturated heterocycles. The van der Waals surface area contributed by atoms with E-state index in [0.29, 0.717) is 36.2 Å². The van der Waals surface area contributed by atoms with Crippen LogP contribution in [0.4, 0.5) is 0 Å². The predicted molar refractivity (Wildman–Crippen MR) is 76.6 cm³/mol. The Morgan fingerprint density at radius 1 is 1.35 bits per heavy atom. The van der Waals surface area contributed by atoms with Crippen LogP contribution in [0, 0.1) is 0 Å². The summed E-state index contributed by atoms with van der Waals surface area (Å²) in [6.07, 6.45) is 1.22. The topological polar surface area (TPSA) is 68.0 Å². The van der Waals surface area contributed by atoms with Gasteiger partial charge < -0.3 is 9.84 Å². The second-order valence-electron chi connectivity index (χ2n) is 4.76.